The molecule has 5 N–H and O–H groups in total. The average molecular weight is 1790 g/mol. The number of aliphatic carboxylic acids is 1. The number of carboxylic acid groups (broad SMARTS) is 1. The third-order valence-corrected chi connectivity index (χ3v) is 17.8. The van der Waals surface area contributed by atoms with E-state index >= 15 is 0 Å². The van der Waals surface area contributed by atoms with Crippen molar-refractivity contribution in [1.82, 2.24) is 35.2 Å². The van der Waals surface area contributed by atoms with Crippen molar-refractivity contribution in [1.29, 1.82) is 0 Å². The minimum atomic E-state index is -1.15. The standard InChI is InChI=1S/C23H19N3O5.C21H14N2O6.C14H11NO2.C10H7BrO3.C9H12N2O.C7H4ClNO4.C6H7N.C3H8/c27-22(28)20(10-15-5-8-24-9-6-15)26-23(29)30-14-19-12-18-11-16(3-4-21(18)31-19)17-2-1-7-25-13-17;24-21(29-18-6-4-17(5-7-18)23(25)26)27-13-19-11-16-10-14(3-8-20(16)28-19)15-2-1-9-22-12-15;16-9-13-7-12-6-10(3-4-14(12)17-13)11-2-1-5-15-8-11;1-13-10(12)9-5-6-4-7(11)2-3-8(6)14-9;1-7(12)9(10)6-8-2-4-11-5-3-8;8-7(10)13-6-3-1-5(2-4-6)9(11)12;1-6-3-2-4-7-5-6;1-3-2/h1-9,11-13,20H,10,14H2,(H,26,29)(H,27,28);1-12H,13H2;1-8,16H,9H2;2-5H,1H3;2-5,9H,6,10H2,1H3;1-4H;2-5H,1H3;3H2,1-2H3. The van der Waals surface area contributed by atoms with Crippen molar-refractivity contribution < 1.29 is 90.2 Å². The van der Waals surface area contributed by atoms with Crippen LogP contribution in [0.3, 0.4) is 0 Å². The summed E-state index contributed by atoms with van der Waals surface area (Å²) in [4.78, 5) is 111. The van der Waals surface area contributed by atoms with E-state index in [1.54, 1.807) is 98.4 Å². The quantitative estimate of drug-likeness (QED) is 0.0137. The first-order valence-corrected chi connectivity index (χ1v) is 39.5. The smallest absolute Gasteiger partial charge is 0.480 e. The number of hydrogen-bond donors (Lipinski definition) is 4. The number of halogens is 2. The molecule has 2 unspecified atom stereocenters. The average Bonchev–Trinajstić information content (AvgIpc) is 1.74. The number of aryl methyl sites for hydroxylation is 1. The highest BCUT2D eigenvalue weighted by Gasteiger charge is 2.23. The van der Waals surface area contributed by atoms with Gasteiger partial charge in [-0.3, -0.25) is 54.9 Å². The number of nitrogens with two attached hydrogens (primary N) is 1. The zero-order chi connectivity index (χ0) is 90.3. The third-order valence-electron chi connectivity index (χ3n) is 17.2. The molecule has 0 bridgehead atoms. The number of nitrogens with one attached hydrogen (secondary N) is 1. The number of aliphatic hydroxyl groups excluding tert-OH is 1. The number of hydrogen-bond acceptors (Lipinski definition) is 27. The minimum absolute atomic E-state index is 0.0202. The molecule has 0 saturated carbocycles. The lowest BCUT2D eigenvalue weighted by atomic mass is 10.1. The monoisotopic (exact) mass is 1790 g/mol. The Balaban J connectivity index is 0.000000173. The third kappa shape index (κ3) is 30.6. The second-order valence-corrected chi connectivity index (χ2v) is 28.0. The molecule has 0 aliphatic carbocycles. The zero-order valence-electron chi connectivity index (χ0n) is 68.2. The van der Waals surface area contributed by atoms with Gasteiger partial charge in [0.05, 0.1) is 23.0 Å². The first-order chi connectivity index (χ1) is 60.8. The highest BCUT2D eigenvalue weighted by atomic mass is 79.9. The van der Waals surface area contributed by atoms with Crippen molar-refractivity contribution >= 4 is 118 Å². The number of ketones is 1. The van der Waals surface area contributed by atoms with Gasteiger partial charge in [-0.25, -0.2) is 24.0 Å². The van der Waals surface area contributed by atoms with Crippen molar-refractivity contribution in [3.8, 4) is 44.9 Å². The maximum absolute atomic E-state index is 12.1. The van der Waals surface area contributed by atoms with E-state index in [-0.39, 0.29) is 66.7 Å². The van der Waals surface area contributed by atoms with Gasteiger partial charge in [0.15, 0.2) is 13.2 Å². The Morgan fingerprint density at radius 1 is 0.500 bits per heavy atom. The maximum Gasteiger partial charge on any atom is 0.514 e. The highest BCUT2D eigenvalue weighted by molar-refractivity contribution is 9.10. The van der Waals surface area contributed by atoms with E-state index in [4.69, 9.17) is 54.3 Å². The Morgan fingerprint density at radius 3 is 1.31 bits per heavy atom. The van der Waals surface area contributed by atoms with Gasteiger partial charge in [0.2, 0.25) is 5.76 Å². The topological polar surface area (TPSA) is 443 Å². The molecule has 1 amide bonds. The van der Waals surface area contributed by atoms with Crippen LogP contribution in [0.25, 0.3) is 77.3 Å². The van der Waals surface area contributed by atoms with Crippen LogP contribution in [-0.2, 0) is 56.5 Å². The normalized spacial score (nSPS) is 10.7. The van der Waals surface area contributed by atoms with Crippen LogP contribution in [-0.4, -0.2) is 105 Å². The van der Waals surface area contributed by atoms with Gasteiger partial charge < -0.3 is 62.6 Å². The predicted octanol–water partition coefficient (Wildman–Crippen LogP) is 20.6. The Morgan fingerprint density at radius 2 is 0.913 bits per heavy atom. The molecule has 33 heteroatoms. The van der Waals surface area contributed by atoms with Crippen LogP contribution in [0.4, 0.5) is 25.8 Å². The van der Waals surface area contributed by atoms with E-state index in [9.17, 15) is 54.1 Å². The van der Waals surface area contributed by atoms with E-state index < -0.39 is 45.5 Å². The van der Waals surface area contributed by atoms with Gasteiger partial charge in [-0.1, -0.05) is 78.7 Å². The number of esters is 1. The Hall–Kier alpha value is -15.5. The number of carbonyl (C=O) groups is 6. The Labute approximate surface area is 733 Å². The number of rotatable bonds is 20. The van der Waals surface area contributed by atoms with Crippen LogP contribution in [0.1, 0.15) is 71.7 Å². The van der Waals surface area contributed by atoms with E-state index in [0.29, 0.717) is 40.5 Å². The van der Waals surface area contributed by atoms with Crippen molar-refractivity contribution in [3.63, 3.8) is 0 Å². The molecule has 16 aromatic rings. The molecule has 31 nitrogen and oxygen atoms in total. The molecule has 16 rings (SSSR count). The number of furan rings is 4. The van der Waals surface area contributed by atoms with Gasteiger partial charge in [-0.15, -0.1) is 0 Å². The zero-order valence-corrected chi connectivity index (χ0v) is 70.5. The van der Waals surface area contributed by atoms with Crippen molar-refractivity contribution in [3.05, 3.63) is 357 Å². The highest BCUT2D eigenvalue weighted by Crippen LogP contribution is 2.31. The number of carbonyl (C=O) groups excluding carboxylic acids is 5. The molecule has 644 valence electrons. The lowest BCUT2D eigenvalue weighted by Crippen LogP contribution is -2.42. The molecule has 10 heterocycles. The summed E-state index contributed by atoms with van der Waals surface area (Å²) in [5.41, 5.74) is 16.3. The summed E-state index contributed by atoms with van der Waals surface area (Å²) < 4.78 is 47.3. The Bertz CT molecular complexity index is 6220. The summed E-state index contributed by atoms with van der Waals surface area (Å²) in [6.45, 7) is 7.48. The van der Waals surface area contributed by atoms with Gasteiger partial charge in [0.1, 0.15) is 69.5 Å². The van der Waals surface area contributed by atoms with Crippen LogP contribution < -0.4 is 20.5 Å². The number of non-ortho nitro benzene ring substituents is 2. The number of Topliss-reactive ketones (excluding diaryl/α,β-unsaturated/α-hetero) is 1. The number of benzene rings is 6. The maximum atomic E-state index is 12.1. The van der Waals surface area contributed by atoms with E-state index in [0.717, 1.165) is 76.1 Å². The molecular weight excluding hydrogens is 1710 g/mol. The summed E-state index contributed by atoms with van der Waals surface area (Å²) >= 11 is 8.26. The second kappa shape index (κ2) is 48.8. The van der Waals surface area contributed by atoms with Gasteiger partial charge in [-0.05, 0) is 205 Å². The summed E-state index contributed by atoms with van der Waals surface area (Å²) in [7, 11) is 1.32. The van der Waals surface area contributed by atoms with E-state index in [1.807, 2.05) is 153 Å². The summed E-state index contributed by atoms with van der Waals surface area (Å²) in [5, 5.41) is 45.2. The van der Waals surface area contributed by atoms with Gasteiger partial charge in [0, 0.05) is 159 Å². The molecule has 6 aromatic carbocycles. The van der Waals surface area contributed by atoms with Crippen molar-refractivity contribution in [2.75, 3.05) is 7.11 Å². The number of pyridine rings is 6. The van der Waals surface area contributed by atoms with Crippen LogP contribution >= 0.6 is 27.5 Å². The number of alkyl carbamates (subject to hydrolysis) is 1. The number of nitro benzene ring substituents is 2. The van der Waals surface area contributed by atoms with Gasteiger partial charge in [0.25, 0.3) is 11.4 Å². The number of carboxylic acids is 1. The molecule has 2 atom stereocenters. The SMILES string of the molecule is CC(=O)C(N)Cc1ccncc1.CCC.COC(=O)c1cc2cc(Br)ccc2o1.Cc1cccnc1.O=C(Cl)Oc1ccc([N+](=O)[O-])cc1.O=C(NC(Cc1ccncc1)C(=O)O)OCc1cc2cc(-c3cccnc3)ccc2o1.O=C(OCc1cc2cc(-c3cccnc3)ccc2o1)Oc1ccc([N+](=O)[O-])cc1.OCc1cc2cc(-c3cccnc3)ccc2o1. The largest absolute Gasteiger partial charge is 0.514 e. The van der Waals surface area contributed by atoms with Gasteiger partial charge >= 0.3 is 29.6 Å². The first kappa shape index (κ1) is 94.3. The fourth-order valence-electron chi connectivity index (χ4n) is 11.1. The molecule has 0 aliphatic heterocycles. The Kier molecular flexibility index (Phi) is 36.5. The minimum Gasteiger partial charge on any atom is -0.480 e. The fraction of sp³-hybridized carbons (Fsp3) is 0.140. The number of methoxy groups -OCH3 is 1. The van der Waals surface area contributed by atoms with Gasteiger partial charge in [-0.2, -0.15) is 0 Å². The second-order valence-electron chi connectivity index (χ2n) is 26.7. The molecule has 0 aliphatic rings. The summed E-state index contributed by atoms with van der Waals surface area (Å²) in [6, 6.07) is 61.3. The molecular formula is C93H82BrClN10O21. The first-order valence-electron chi connectivity index (χ1n) is 38.3. The molecule has 0 radical (unpaired) electrons. The fourth-order valence-corrected chi connectivity index (χ4v) is 11.6. The van der Waals surface area contributed by atoms with Crippen LogP contribution in [0.5, 0.6) is 11.5 Å². The van der Waals surface area contributed by atoms with Crippen molar-refractivity contribution in [2.24, 2.45) is 5.73 Å². The number of amides is 1. The summed E-state index contributed by atoms with van der Waals surface area (Å²) in [5.74, 6) is 0.448. The molecule has 126 heavy (non-hydrogen) atoms. The predicted molar refractivity (Wildman–Crippen MR) is 473 cm³/mol. The number of nitrogens with zero attached hydrogens (tertiary/aromatic N) is 8. The molecule has 0 spiro atoms. The van der Waals surface area contributed by atoms with Crippen LogP contribution in [0.15, 0.2) is 315 Å². The van der Waals surface area contributed by atoms with E-state index in [2.05, 4.69) is 74.5 Å². The number of aromatic nitrogens is 6. The molecule has 0 fully saturated rings. The number of ether oxygens (including phenoxy) is 5. The lowest BCUT2D eigenvalue weighted by Gasteiger charge is -2.14. The molecule has 0 saturated heterocycles. The lowest BCUT2D eigenvalue weighted by molar-refractivity contribution is -0.385. The molecule has 10 aromatic heterocycles. The van der Waals surface area contributed by atoms with E-state index in [1.165, 1.54) is 74.5 Å². The number of aliphatic hydroxyl groups is 1. The summed E-state index contributed by atoms with van der Waals surface area (Å²) in [6.07, 6.45) is 20.9. The number of fused-ring (bicyclic) bond motifs is 4. The number of nitro groups is 2. The van der Waals surface area contributed by atoms with Crippen LogP contribution in [0, 0.1) is 27.2 Å². The van der Waals surface area contributed by atoms with Crippen LogP contribution in [0.2, 0.25) is 0 Å². The van der Waals surface area contributed by atoms with Crippen molar-refractivity contribution in [2.45, 2.75) is 78.9 Å².